The van der Waals surface area contributed by atoms with Crippen molar-refractivity contribution in [3.63, 3.8) is 0 Å². The highest BCUT2D eigenvalue weighted by Crippen LogP contribution is 2.34. The molecule has 0 heterocycles. The van der Waals surface area contributed by atoms with Gasteiger partial charge in [-0.15, -0.1) is 0 Å². The van der Waals surface area contributed by atoms with Crippen LogP contribution in [0.1, 0.15) is 17.5 Å². The Hall–Kier alpha value is -0.870. The molecule has 1 aliphatic rings. The van der Waals surface area contributed by atoms with E-state index >= 15 is 0 Å². The molecule has 86 valence electrons. The van der Waals surface area contributed by atoms with Crippen molar-refractivity contribution in [3.05, 3.63) is 33.8 Å². The van der Waals surface area contributed by atoms with E-state index in [4.69, 9.17) is 4.74 Å². The number of hydrogen-bond acceptors (Lipinski definition) is 2. The third kappa shape index (κ3) is 1.76. The average Bonchev–Trinajstić information content (AvgIpc) is 2.28. The first-order valence-corrected chi connectivity index (χ1v) is 5.93. The highest BCUT2D eigenvalue weighted by Gasteiger charge is 2.42. The lowest BCUT2D eigenvalue weighted by molar-refractivity contribution is -0.163. The van der Waals surface area contributed by atoms with E-state index in [1.807, 2.05) is 18.2 Å². The van der Waals surface area contributed by atoms with Crippen LogP contribution in [0.25, 0.3) is 0 Å². The Morgan fingerprint density at radius 1 is 1.56 bits per heavy atom. The molecule has 2 rings (SSSR count). The summed E-state index contributed by atoms with van der Waals surface area (Å²) >= 11 is 3.49. The lowest BCUT2D eigenvalue weighted by atomic mass is 9.80. The van der Waals surface area contributed by atoms with Crippen LogP contribution >= 0.6 is 15.9 Å². The minimum Gasteiger partial charge on any atom is -0.479 e. The Labute approximate surface area is 103 Å². The smallest absolute Gasteiger partial charge is 0.336 e. The summed E-state index contributed by atoms with van der Waals surface area (Å²) in [7, 11) is 1.47. The van der Waals surface area contributed by atoms with Gasteiger partial charge in [-0.2, -0.15) is 0 Å². The number of carboxylic acid groups (broad SMARTS) is 1. The van der Waals surface area contributed by atoms with Crippen LogP contribution in [0.5, 0.6) is 0 Å². The number of carbonyl (C=O) groups is 1. The molecule has 0 bridgehead atoms. The first kappa shape index (κ1) is 11.6. The molecule has 0 aliphatic heterocycles. The first-order chi connectivity index (χ1) is 7.59. The van der Waals surface area contributed by atoms with E-state index in [1.54, 1.807) is 0 Å². The molecule has 1 aromatic rings. The van der Waals surface area contributed by atoms with E-state index in [9.17, 15) is 9.90 Å². The second kappa shape index (κ2) is 4.18. The van der Waals surface area contributed by atoms with Crippen molar-refractivity contribution in [2.75, 3.05) is 7.11 Å². The summed E-state index contributed by atoms with van der Waals surface area (Å²) in [4.78, 5) is 11.3. The second-order valence-electron chi connectivity index (χ2n) is 4.06. The molecule has 1 aliphatic carbocycles. The summed E-state index contributed by atoms with van der Waals surface area (Å²) < 4.78 is 6.28. The molecule has 1 atom stereocenters. The van der Waals surface area contributed by atoms with Gasteiger partial charge < -0.3 is 9.84 Å². The van der Waals surface area contributed by atoms with Gasteiger partial charge in [0, 0.05) is 18.0 Å². The van der Waals surface area contributed by atoms with Gasteiger partial charge in [0.2, 0.25) is 0 Å². The Balaban J connectivity index is 2.40. The Morgan fingerprint density at radius 3 is 2.94 bits per heavy atom. The summed E-state index contributed by atoms with van der Waals surface area (Å²) in [5, 5.41) is 9.25. The van der Waals surface area contributed by atoms with E-state index in [2.05, 4.69) is 15.9 Å². The molecule has 1 unspecified atom stereocenters. The molecule has 1 aromatic carbocycles. The number of rotatable bonds is 2. The van der Waals surface area contributed by atoms with Gasteiger partial charge in [0.15, 0.2) is 5.60 Å². The molecule has 0 fully saturated rings. The zero-order valence-corrected chi connectivity index (χ0v) is 10.6. The molecule has 0 aromatic heterocycles. The lowest BCUT2D eigenvalue weighted by Crippen LogP contribution is -2.45. The minimum atomic E-state index is -1.05. The van der Waals surface area contributed by atoms with Crippen LogP contribution in [-0.2, 0) is 22.4 Å². The highest BCUT2D eigenvalue weighted by molar-refractivity contribution is 9.10. The van der Waals surface area contributed by atoms with Crippen molar-refractivity contribution in [3.8, 4) is 0 Å². The van der Waals surface area contributed by atoms with E-state index in [0.717, 1.165) is 16.5 Å². The van der Waals surface area contributed by atoms with Crippen molar-refractivity contribution in [1.29, 1.82) is 0 Å². The van der Waals surface area contributed by atoms with Crippen molar-refractivity contribution in [2.24, 2.45) is 0 Å². The maximum absolute atomic E-state index is 11.3. The molecule has 1 N–H and O–H groups in total. The molecule has 0 radical (unpaired) electrons. The molecule has 16 heavy (non-hydrogen) atoms. The van der Waals surface area contributed by atoms with Crippen LogP contribution in [0, 0.1) is 0 Å². The van der Waals surface area contributed by atoms with Crippen LogP contribution in [0.15, 0.2) is 22.7 Å². The SMILES string of the molecule is COC1(C(=O)O)CCc2c(Br)cccc2C1. The number of benzene rings is 1. The summed E-state index contributed by atoms with van der Waals surface area (Å²) in [5.74, 6) is -0.874. The molecule has 4 heteroatoms. The first-order valence-electron chi connectivity index (χ1n) is 5.14. The number of methoxy groups -OCH3 is 1. The summed E-state index contributed by atoms with van der Waals surface area (Å²) in [6.07, 6.45) is 1.69. The Bertz CT molecular complexity index is 430. The number of halogens is 1. The van der Waals surface area contributed by atoms with Gasteiger partial charge in [0.05, 0.1) is 0 Å². The topological polar surface area (TPSA) is 46.5 Å². The maximum Gasteiger partial charge on any atom is 0.336 e. The number of hydrogen-bond donors (Lipinski definition) is 1. The van der Waals surface area contributed by atoms with Gasteiger partial charge in [0.1, 0.15) is 0 Å². The quantitative estimate of drug-likeness (QED) is 0.907. The molecule has 3 nitrogen and oxygen atoms in total. The fraction of sp³-hybridized carbons (Fsp3) is 0.417. The van der Waals surface area contributed by atoms with Gasteiger partial charge in [-0.25, -0.2) is 4.79 Å². The van der Waals surface area contributed by atoms with Crippen LogP contribution in [-0.4, -0.2) is 23.8 Å². The van der Waals surface area contributed by atoms with Crippen molar-refractivity contribution < 1.29 is 14.6 Å². The average molecular weight is 285 g/mol. The largest absolute Gasteiger partial charge is 0.479 e. The molecule has 0 saturated heterocycles. The van der Waals surface area contributed by atoms with E-state index in [-0.39, 0.29) is 0 Å². The number of aliphatic carboxylic acids is 1. The van der Waals surface area contributed by atoms with E-state index in [0.29, 0.717) is 12.8 Å². The zero-order valence-electron chi connectivity index (χ0n) is 9.00. The third-order valence-electron chi connectivity index (χ3n) is 3.25. The summed E-state index contributed by atoms with van der Waals surface area (Å²) in [6.45, 7) is 0. The number of fused-ring (bicyclic) bond motifs is 1. The lowest BCUT2D eigenvalue weighted by Gasteiger charge is -2.33. The van der Waals surface area contributed by atoms with Crippen molar-refractivity contribution >= 4 is 21.9 Å². The van der Waals surface area contributed by atoms with Gasteiger partial charge in [0.25, 0.3) is 0 Å². The van der Waals surface area contributed by atoms with Crippen molar-refractivity contribution in [2.45, 2.75) is 24.9 Å². The van der Waals surface area contributed by atoms with Gasteiger partial charge in [-0.1, -0.05) is 28.1 Å². The second-order valence-corrected chi connectivity index (χ2v) is 4.91. The Morgan fingerprint density at radius 2 is 2.31 bits per heavy atom. The molecule has 0 amide bonds. The molecule has 0 saturated carbocycles. The molecular weight excluding hydrogens is 272 g/mol. The standard InChI is InChI=1S/C12H13BrO3/c1-16-12(11(14)15)6-5-9-8(7-12)3-2-4-10(9)13/h2-4H,5-7H2,1H3,(H,14,15). The zero-order chi connectivity index (χ0) is 11.8. The normalized spacial score (nSPS) is 23.9. The molecular formula is C12H13BrO3. The fourth-order valence-electron chi connectivity index (χ4n) is 2.22. The fourth-order valence-corrected chi connectivity index (χ4v) is 2.82. The predicted octanol–water partition coefficient (Wildman–Crippen LogP) is 2.41. The maximum atomic E-state index is 11.3. The van der Waals surface area contributed by atoms with E-state index < -0.39 is 11.6 Å². The number of ether oxygens (including phenoxy) is 1. The van der Waals surface area contributed by atoms with Gasteiger partial charge in [-0.3, -0.25) is 0 Å². The van der Waals surface area contributed by atoms with Crippen LogP contribution in [0.2, 0.25) is 0 Å². The van der Waals surface area contributed by atoms with Crippen LogP contribution < -0.4 is 0 Å². The third-order valence-corrected chi connectivity index (χ3v) is 3.99. The highest BCUT2D eigenvalue weighted by atomic mass is 79.9. The van der Waals surface area contributed by atoms with Crippen LogP contribution in [0.4, 0.5) is 0 Å². The van der Waals surface area contributed by atoms with Crippen molar-refractivity contribution in [1.82, 2.24) is 0 Å². The predicted molar refractivity (Wildman–Crippen MR) is 63.5 cm³/mol. The number of carboxylic acids is 1. The summed E-state index contributed by atoms with van der Waals surface area (Å²) in [6, 6.07) is 5.88. The Kier molecular flexibility index (Phi) is 3.04. The summed E-state index contributed by atoms with van der Waals surface area (Å²) in [5.41, 5.74) is 1.22. The van der Waals surface area contributed by atoms with E-state index in [1.165, 1.54) is 12.7 Å². The van der Waals surface area contributed by atoms with Crippen LogP contribution in [0.3, 0.4) is 0 Å². The minimum absolute atomic E-state index is 0.438. The van der Waals surface area contributed by atoms with Gasteiger partial charge >= 0.3 is 5.97 Å². The monoisotopic (exact) mass is 284 g/mol. The molecule has 0 spiro atoms. The van der Waals surface area contributed by atoms with Gasteiger partial charge in [-0.05, 0) is 30.0 Å².